The van der Waals surface area contributed by atoms with Crippen LogP contribution < -0.4 is 0 Å². The molecule has 8 nitrogen and oxygen atoms in total. The lowest BCUT2D eigenvalue weighted by molar-refractivity contribution is -0.149. The van der Waals surface area contributed by atoms with Crippen molar-refractivity contribution >= 4 is 29.7 Å². The molecule has 0 N–H and O–H groups in total. The maximum atomic E-state index is 12.8. The molecule has 2 heterocycles. The zero-order chi connectivity index (χ0) is 20.1. The van der Waals surface area contributed by atoms with E-state index >= 15 is 0 Å². The van der Waals surface area contributed by atoms with Crippen molar-refractivity contribution in [1.82, 2.24) is 9.80 Å². The fraction of sp³-hybridized carbons (Fsp3) is 0.421. The molecule has 27 heavy (non-hydrogen) atoms. The van der Waals surface area contributed by atoms with Gasteiger partial charge in [-0.1, -0.05) is 12.1 Å². The lowest BCUT2D eigenvalue weighted by Crippen LogP contribution is -2.58. The van der Waals surface area contributed by atoms with E-state index in [2.05, 4.69) is 0 Å². The summed E-state index contributed by atoms with van der Waals surface area (Å²) in [5.41, 5.74) is 0.179. The highest BCUT2D eigenvalue weighted by molar-refractivity contribution is 6.24. The number of hydrogen-bond donors (Lipinski definition) is 0. The fourth-order valence-electron chi connectivity index (χ4n) is 3.26. The molecule has 1 fully saturated rings. The van der Waals surface area contributed by atoms with Gasteiger partial charge in [-0.05, 0) is 45.7 Å². The molecule has 2 aliphatic rings. The van der Waals surface area contributed by atoms with Crippen LogP contribution in [0.3, 0.4) is 0 Å². The Bertz CT molecular complexity index is 883. The predicted octanol–water partition coefficient (Wildman–Crippen LogP) is 2.04. The highest BCUT2D eigenvalue weighted by Gasteiger charge is 2.49. The second-order valence-electron chi connectivity index (χ2n) is 7.58. The third-order valence-corrected chi connectivity index (χ3v) is 4.43. The molecule has 142 valence electrons. The highest BCUT2D eigenvalue weighted by Crippen LogP contribution is 2.31. The number of aryl methyl sites for hydroxylation is 1. The van der Waals surface area contributed by atoms with Gasteiger partial charge >= 0.3 is 6.09 Å². The summed E-state index contributed by atoms with van der Waals surface area (Å²) in [6.07, 6.45) is -1.28. The number of hydrogen-bond acceptors (Lipinski definition) is 6. The Morgan fingerprint density at radius 2 is 1.78 bits per heavy atom. The van der Waals surface area contributed by atoms with Gasteiger partial charge < -0.3 is 4.74 Å². The number of carbonyl (C=O) groups is 5. The van der Waals surface area contributed by atoms with Crippen molar-refractivity contribution < 1.29 is 28.7 Å². The average molecular weight is 372 g/mol. The van der Waals surface area contributed by atoms with Crippen LogP contribution in [0.25, 0.3) is 0 Å². The van der Waals surface area contributed by atoms with E-state index in [4.69, 9.17) is 4.74 Å². The van der Waals surface area contributed by atoms with Crippen molar-refractivity contribution in [2.45, 2.75) is 52.2 Å². The lowest BCUT2D eigenvalue weighted by Gasteiger charge is -2.34. The van der Waals surface area contributed by atoms with E-state index < -0.39 is 41.4 Å². The van der Waals surface area contributed by atoms with Gasteiger partial charge in [-0.25, -0.2) is 4.79 Å². The molecule has 0 spiro atoms. The molecule has 3 rings (SSSR count). The summed E-state index contributed by atoms with van der Waals surface area (Å²) in [6.45, 7) is 6.52. The fourth-order valence-corrected chi connectivity index (χ4v) is 3.26. The molecule has 0 bridgehead atoms. The van der Waals surface area contributed by atoms with Crippen molar-refractivity contribution in [2.75, 3.05) is 0 Å². The minimum absolute atomic E-state index is 0.0263. The van der Waals surface area contributed by atoms with Crippen molar-refractivity contribution in [3.8, 4) is 0 Å². The van der Waals surface area contributed by atoms with E-state index in [-0.39, 0.29) is 24.0 Å². The topological polar surface area (TPSA) is 101 Å². The second-order valence-corrected chi connectivity index (χ2v) is 7.58. The van der Waals surface area contributed by atoms with Crippen LogP contribution in [0.1, 0.15) is 59.9 Å². The van der Waals surface area contributed by atoms with Gasteiger partial charge in [0.1, 0.15) is 11.6 Å². The van der Waals surface area contributed by atoms with E-state index in [9.17, 15) is 24.0 Å². The van der Waals surface area contributed by atoms with E-state index in [0.717, 1.165) is 4.90 Å². The number of likely N-dealkylation sites (tertiary alicyclic amines) is 1. The Balaban J connectivity index is 1.92. The number of nitrogens with zero attached hydrogens (tertiary/aromatic N) is 2. The van der Waals surface area contributed by atoms with Gasteiger partial charge in [0.25, 0.3) is 17.7 Å². The number of rotatable bonds is 1. The minimum Gasteiger partial charge on any atom is -0.443 e. The molecule has 0 radical (unpaired) electrons. The summed E-state index contributed by atoms with van der Waals surface area (Å²) in [6, 6.07) is 3.66. The number of fused-ring (bicyclic) bond motifs is 1. The summed E-state index contributed by atoms with van der Waals surface area (Å²) in [5.74, 6) is -2.83. The third kappa shape index (κ3) is 3.11. The molecule has 0 aromatic heterocycles. The number of imide groups is 4. The van der Waals surface area contributed by atoms with Crippen molar-refractivity contribution in [3.05, 3.63) is 34.9 Å². The van der Waals surface area contributed by atoms with Crippen LogP contribution in [-0.4, -0.2) is 51.2 Å². The molecule has 1 saturated heterocycles. The van der Waals surface area contributed by atoms with Crippen LogP contribution in [0.15, 0.2) is 18.2 Å². The van der Waals surface area contributed by atoms with Crippen LogP contribution in [0.5, 0.6) is 0 Å². The zero-order valence-electron chi connectivity index (χ0n) is 15.6. The van der Waals surface area contributed by atoms with Gasteiger partial charge in [0.15, 0.2) is 0 Å². The van der Waals surface area contributed by atoms with Gasteiger partial charge in [0.05, 0.1) is 11.1 Å². The molecule has 0 aliphatic carbocycles. The molecule has 1 atom stereocenters. The summed E-state index contributed by atoms with van der Waals surface area (Å²) in [5, 5.41) is 0. The Kier molecular flexibility index (Phi) is 4.37. The lowest BCUT2D eigenvalue weighted by atomic mass is 10.0. The first-order chi connectivity index (χ1) is 12.5. The first-order valence-electron chi connectivity index (χ1n) is 8.60. The monoisotopic (exact) mass is 372 g/mol. The van der Waals surface area contributed by atoms with Crippen molar-refractivity contribution in [2.24, 2.45) is 0 Å². The normalized spacial score (nSPS) is 20.2. The molecule has 8 heteroatoms. The first kappa shape index (κ1) is 18.8. The molecule has 1 aromatic carbocycles. The molecule has 1 aromatic rings. The molecular weight excluding hydrogens is 352 g/mol. The number of amides is 5. The third-order valence-electron chi connectivity index (χ3n) is 4.43. The smallest absolute Gasteiger partial charge is 0.424 e. The highest BCUT2D eigenvalue weighted by atomic mass is 16.6. The largest absolute Gasteiger partial charge is 0.443 e. The van der Waals surface area contributed by atoms with E-state index in [1.807, 2.05) is 0 Å². The Hall–Kier alpha value is -3.03. The standard InChI is InChI=1S/C19H20N2O6/c1-10-6-5-7-11-14(10)17(25)20(15(11)23)12-8-9-13(22)21(16(12)24)18(26)27-19(2,3)4/h5-7,12H,8-9H2,1-4H3. The molecule has 5 amide bonds. The summed E-state index contributed by atoms with van der Waals surface area (Å²) < 4.78 is 5.12. The quantitative estimate of drug-likeness (QED) is 0.699. The Labute approximate surface area is 156 Å². The van der Waals surface area contributed by atoms with Gasteiger partial charge in [-0.2, -0.15) is 4.90 Å². The van der Waals surface area contributed by atoms with Gasteiger partial charge in [0, 0.05) is 6.42 Å². The molecule has 2 aliphatic heterocycles. The van der Waals surface area contributed by atoms with Gasteiger partial charge in [-0.3, -0.25) is 24.1 Å². The molecule has 1 unspecified atom stereocenters. The van der Waals surface area contributed by atoms with Crippen molar-refractivity contribution in [3.63, 3.8) is 0 Å². The van der Waals surface area contributed by atoms with Gasteiger partial charge in [0.2, 0.25) is 5.91 Å². The van der Waals surface area contributed by atoms with Gasteiger partial charge in [-0.15, -0.1) is 0 Å². The van der Waals surface area contributed by atoms with E-state index in [0.29, 0.717) is 10.5 Å². The van der Waals surface area contributed by atoms with Crippen molar-refractivity contribution in [1.29, 1.82) is 0 Å². The van der Waals surface area contributed by atoms with E-state index in [1.54, 1.807) is 39.8 Å². The van der Waals surface area contributed by atoms with Crippen LogP contribution in [0.4, 0.5) is 4.79 Å². The summed E-state index contributed by atoms with van der Waals surface area (Å²) in [7, 11) is 0. The van der Waals surface area contributed by atoms with E-state index in [1.165, 1.54) is 6.07 Å². The van der Waals surface area contributed by atoms with Crippen LogP contribution >= 0.6 is 0 Å². The summed E-state index contributed by atoms with van der Waals surface area (Å²) in [4.78, 5) is 64.1. The second kappa shape index (κ2) is 6.29. The predicted molar refractivity (Wildman–Crippen MR) is 92.8 cm³/mol. The van der Waals surface area contributed by atoms with Crippen LogP contribution in [0, 0.1) is 6.92 Å². The number of ether oxygens (including phenoxy) is 1. The maximum Gasteiger partial charge on any atom is 0.424 e. The molecular formula is C19H20N2O6. The summed E-state index contributed by atoms with van der Waals surface area (Å²) >= 11 is 0. The SMILES string of the molecule is Cc1cccc2c1C(=O)N(C1CCC(=O)N(C(=O)OC(C)(C)C)C1=O)C2=O. The van der Waals surface area contributed by atoms with Crippen LogP contribution in [-0.2, 0) is 14.3 Å². The number of piperidine rings is 1. The van der Waals surface area contributed by atoms with Crippen LogP contribution in [0.2, 0.25) is 0 Å². The number of carbonyl (C=O) groups excluding carboxylic acids is 5. The zero-order valence-corrected chi connectivity index (χ0v) is 15.6. The average Bonchev–Trinajstić information content (AvgIpc) is 2.79. The Morgan fingerprint density at radius 3 is 2.37 bits per heavy atom. The maximum absolute atomic E-state index is 12.8. The Morgan fingerprint density at radius 1 is 1.11 bits per heavy atom. The number of benzene rings is 1. The minimum atomic E-state index is -1.22. The molecule has 0 saturated carbocycles. The first-order valence-corrected chi connectivity index (χ1v) is 8.60.